The molecule has 1 aliphatic heterocycles. The number of hydrazine groups is 1. The van der Waals surface area contributed by atoms with Gasteiger partial charge in [-0.3, -0.25) is 0 Å². The number of nitrogens with zero attached hydrogens (tertiary/aromatic N) is 1. The standard InChI is InChI=1S/C30H23F4N3O2/c31-21-10-11-22(24(15-21)30(32,33)34)29(18-2-1-3-18)28(19-7-4-17(5-8-19)6-13-27(38)39)20-9-12-25-23(14-20)26(16-35)37-36-25/h4-15,18,26,36-37H,1-3H2,(H,38,39)/b13-6+,29-28+. The molecule has 1 unspecified atom stereocenters. The molecule has 2 aliphatic rings. The summed E-state index contributed by atoms with van der Waals surface area (Å²) in [5.74, 6) is -2.26. The zero-order valence-electron chi connectivity index (χ0n) is 20.5. The van der Waals surface area contributed by atoms with Gasteiger partial charge in [-0.2, -0.15) is 18.4 Å². The van der Waals surface area contributed by atoms with Crippen molar-refractivity contribution in [2.75, 3.05) is 5.43 Å². The number of rotatable bonds is 6. The Morgan fingerprint density at radius 3 is 2.36 bits per heavy atom. The van der Waals surface area contributed by atoms with Crippen molar-refractivity contribution >= 4 is 28.9 Å². The normalized spacial score (nSPS) is 17.7. The second-order valence-electron chi connectivity index (χ2n) is 9.53. The van der Waals surface area contributed by atoms with Gasteiger partial charge in [0, 0.05) is 11.6 Å². The minimum Gasteiger partial charge on any atom is -0.478 e. The number of fused-ring (bicyclic) bond motifs is 1. The summed E-state index contributed by atoms with van der Waals surface area (Å²) in [6, 6.07) is 16.5. The maximum atomic E-state index is 14.2. The maximum absolute atomic E-state index is 14.2. The lowest BCUT2D eigenvalue weighted by Gasteiger charge is -2.33. The molecule has 3 aromatic carbocycles. The van der Waals surface area contributed by atoms with Crippen LogP contribution in [0.2, 0.25) is 0 Å². The van der Waals surface area contributed by atoms with Gasteiger partial charge in [0.05, 0.1) is 17.3 Å². The molecular formula is C30H23F4N3O2. The lowest BCUT2D eigenvalue weighted by atomic mass is 9.72. The average Bonchev–Trinajstić information content (AvgIpc) is 3.29. The molecule has 3 N–H and O–H groups in total. The van der Waals surface area contributed by atoms with E-state index in [4.69, 9.17) is 5.11 Å². The Hall–Kier alpha value is -4.42. The van der Waals surface area contributed by atoms with Gasteiger partial charge in [-0.15, -0.1) is 0 Å². The van der Waals surface area contributed by atoms with E-state index in [1.165, 1.54) is 12.1 Å². The molecule has 198 valence electrons. The third-order valence-electron chi connectivity index (χ3n) is 7.11. The third kappa shape index (κ3) is 5.29. The van der Waals surface area contributed by atoms with Crippen molar-refractivity contribution in [1.82, 2.24) is 5.43 Å². The van der Waals surface area contributed by atoms with E-state index in [-0.39, 0.29) is 11.5 Å². The maximum Gasteiger partial charge on any atom is 0.417 e. The second kappa shape index (κ2) is 10.4. The van der Waals surface area contributed by atoms with Crippen molar-refractivity contribution in [3.63, 3.8) is 0 Å². The number of halogens is 4. The molecule has 5 nitrogen and oxygen atoms in total. The summed E-state index contributed by atoms with van der Waals surface area (Å²) in [6.45, 7) is 0. The zero-order valence-corrected chi connectivity index (χ0v) is 20.5. The number of alkyl halides is 3. The van der Waals surface area contributed by atoms with Crippen LogP contribution in [0.15, 0.2) is 66.7 Å². The highest BCUT2D eigenvalue weighted by Gasteiger charge is 2.38. The highest BCUT2D eigenvalue weighted by atomic mass is 19.4. The number of nitriles is 1. The van der Waals surface area contributed by atoms with E-state index >= 15 is 0 Å². The highest BCUT2D eigenvalue weighted by molar-refractivity contribution is 6.00. The summed E-state index contributed by atoms with van der Waals surface area (Å²) in [5, 5.41) is 18.5. The first-order valence-corrected chi connectivity index (χ1v) is 12.3. The van der Waals surface area contributed by atoms with Crippen molar-refractivity contribution in [2.24, 2.45) is 5.92 Å². The van der Waals surface area contributed by atoms with Crippen LogP contribution in [0.25, 0.3) is 17.2 Å². The molecule has 1 fully saturated rings. The van der Waals surface area contributed by atoms with Crippen LogP contribution in [0.3, 0.4) is 0 Å². The zero-order chi connectivity index (χ0) is 27.7. The molecule has 39 heavy (non-hydrogen) atoms. The van der Waals surface area contributed by atoms with Crippen molar-refractivity contribution in [2.45, 2.75) is 31.5 Å². The Bertz CT molecular complexity index is 1530. The van der Waals surface area contributed by atoms with Gasteiger partial charge in [-0.05, 0) is 82.5 Å². The van der Waals surface area contributed by atoms with Crippen molar-refractivity contribution < 1.29 is 27.5 Å². The largest absolute Gasteiger partial charge is 0.478 e. The summed E-state index contributed by atoms with van der Waals surface area (Å²) in [7, 11) is 0. The molecule has 0 saturated heterocycles. The molecule has 0 bridgehead atoms. The molecule has 1 heterocycles. The average molecular weight is 534 g/mol. The van der Waals surface area contributed by atoms with Gasteiger partial charge in [-0.25, -0.2) is 14.6 Å². The lowest BCUT2D eigenvalue weighted by Crippen LogP contribution is -2.19. The predicted octanol–water partition coefficient (Wildman–Crippen LogP) is 7.20. The molecule has 3 aromatic rings. The molecule has 0 amide bonds. The van der Waals surface area contributed by atoms with Crippen molar-refractivity contribution in [1.29, 1.82) is 5.26 Å². The first-order chi connectivity index (χ1) is 18.7. The fourth-order valence-corrected chi connectivity index (χ4v) is 5.05. The number of benzene rings is 3. The van der Waals surface area contributed by atoms with E-state index in [9.17, 15) is 27.6 Å². The lowest BCUT2D eigenvalue weighted by molar-refractivity contribution is -0.138. The van der Waals surface area contributed by atoms with E-state index in [2.05, 4.69) is 16.9 Å². The number of aliphatic carboxylic acids is 1. The Labute approximate surface area is 222 Å². The SMILES string of the molecule is N#CC1NNc2ccc(/C(=C(/c3ccc(F)cc3C(F)(F)F)C3CCC3)c3ccc(/C=C/C(=O)O)cc3)cc21. The van der Waals surface area contributed by atoms with Crippen LogP contribution in [0.5, 0.6) is 0 Å². The van der Waals surface area contributed by atoms with E-state index in [1.807, 2.05) is 0 Å². The first kappa shape index (κ1) is 26.2. The van der Waals surface area contributed by atoms with E-state index in [0.717, 1.165) is 18.6 Å². The van der Waals surface area contributed by atoms with E-state index < -0.39 is 29.6 Å². The highest BCUT2D eigenvalue weighted by Crippen LogP contribution is 2.49. The number of hydrogen-bond acceptors (Lipinski definition) is 4. The molecular weight excluding hydrogens is 510 g/mol. The van der Waals surface area contributed by atoms with Gasteiger partial charge < -0.3 is 10.5 Å². The molecule has 9 heteroatoms. The Morgan fingerprint density at radius 2 is 1.74 bits per heavy atom. The molecule has 1 saturated carbocycles. The number of carbonyl (C=O) groups is 1. The molecule has 1 atom stereocenters. The second-order valence-corrected chi connectivity index (χ2v) is 9.53. The Kier molecular flexibility index (Phi) is 6.98. The van der Waals surface area contributed by atoms with Gasteiger partial charge in [0.15, 0.2) is 0 Å². The fourth-order valence-electron chi connectivity index (χ4n) is 5.05. The number of carboxylic acid groups (broad SMARTS) is 1. The topological polar surface area (TPSA) is 85.2 Å². The fraction of sp³-hybridized carbons (Fsp3) is 0.200. The van der Waals surface area contributed by atoms with Gasteiger partial charge in [0.2, 0.25) is 0 Å². The number of nitrogens with one attached hydrogen (secondary N) is 2. The molecule has 0 radical (unpaired) electrons. The predicted molar refractivity (Wildman–Crippen MR) is 139 cm³/mol. The van der Waals surface area contributed by atoms with Crippen LogP contribution >= 0.6 is 0 Å². The summed E-state index contributed by atoms with van der Waals surface area (Å²) in [5.41, 5.74) is 8.93. The van der Waals surface area contributed by atoms with Crippen LogP contribution in [-0.4, -0.2) is 11.1 Å². The van der Waals surface area contributed by atoms with E-state index in [0.29, 0.717) is 58.0 Å². The van der Waals surface area contributed by atoms with Crippen LogP contribution in [0, 0.1) is 23.1 Å². The molecule has 1 aliphatic carbocycles. The van der Waals surface area contributed by atoms with Crippen LogP contribution in [-0.2, 0) is 11.0 Å². The minimum atomic E-state index is -4.78. The first-order valence-electron chi connectivity index (χ1n) is 12.3. The number of carboxylic acids is 1. The number of anilines is 1. The summed E-state index contributed by atoms with van der Waals surface area (Å²) >= 11 is 0. The smallest absolute Gasteiger partial charge is 0.417 e. The van der Waals surface area contributed by atoms with Gasteiger partial charge in [-0.1, -0.05) is 42.8 Å². The Morgan fingerprint density at radius 1 is 1.03 bits per heavy atom. The third-order valence-corrected chi connectivity index (χ3v) is 7.11. The minimum absolute atomic E-state index is 0.0768. The van der Waals surface area contributed by atoms with Crippen molar-refractivity contribution in [3.05, 3.63) is 106 Å². The number of hydrogen-bond donors (Lipinski definition) is 3. The van der Waals surface area contributed by atoms with Crippen molar-refractivity contribution in [3.8, 4) is 6.07 Å². The number of allylic oxidation sites excluding steroid dienone is 1. The summed E-state index contributed by atoms with van der Waals surface area (Å²) in [4.78, 5) is 10.9. The van der Waals surface area contributed by atoms with Crippen LogP contribution in [0.4, 0.5) is 23.2 Å². The van der Waals surface area contributed by atoms with Crippen LogP contribution < -0.4 is 10.9 Å². The monoisotopic (exact) mass is 533 g/mol. The van der Waals surface area contributed by atoms with Gasteiger partial charge in [0.1, 0.15) is 11.9 Å². The molecule has 0 aromatic heterocycles. The van der Waals surface area contributed by atoms with Crippen LogP contribution in [0.1, 0.15) is 58.7 Å². The molecule has 0 spiro atoms. The Balaban J connectivity index is 1.79. The van der Waals surface area contributed by atoms with Gasteiger partial charge in [0.25, 0.3) is 0 Å². The molecule has 5 rings (SSSR count). The van der Waals surface area contributed by atoms with Gasteiger partial charge >= 0.3 is 12.1 Å². The summed E-state index contributed by atoms with van der Waals surface area (Å²) < 4.78 is 56.8. The summed E-state index contributed by atoms with van der Waals surface area (Å²) in [6.07, 6.45) is -0.127. The quantitative estimate of drug-likeness (QED) is 0.177. The van der Waals surface area contributed by atoms with E-state index in [1.54, 1.807) is 42.5 Å².